The predicted octanol–water partition coefficient (Wildman–Crippen LogP) is -0.169. The Morgan fingerprint density at radius 2 is 1.57 bits per heavy atom. The van der Waals surface area contributed by atoms with Gasteiger partial charge in [0.1, 0.15) is 5.75 Å². The summed E-state index contributed by atoms with van der Waals surface area (Å²) >= 11 is 0. The number of benzene rings is 1. The lowest BCUT2D eigenvalue weighted by Gasteiger charge is -2.27. The first kappa shape index (κ1) is 14.5. The van der Waals surface area contributed by atoms with E-state index in [1.165, 1.54) is 12.1 Å². The third-order valence-corrected chi connectivity index (χ3v) is 2.87. The molecule has 0 aromatic heterocycles. The molecule has 21 heavy (non-hydrogen) atoms. The topological polar surface area (TPSA) is 116 Å². The fourth-order valence-corrected chi connectivity index (χ4v) is 1.89. The van der Waals surface area contributed by atoms with E-state index in [9.17, 15) is 24.1 Å². The monoisotopic (exact) mass is 291 g/mol. The van der Waals surface area contributed by atoms with Crippen molar-refractivity contribution in [3.63, 3.8) is 0 Å². The SMILES string of the molecule is O=COC1C(=O)C(N=O)C(=O)C(Oc2ccccc2)C1=O. The number of hydrogen-bond donors (Lipinski definition) is 0. The lowest BCUT2D eigenvalue weighted by molar-refractivity contribution is -0.162. The van der Waals surface area contributed by atoms with Crippen LogP contribution in [0.1, 0.15) is 0 Å². The van der Waals surface area contributed by atoms with Crippen molar-refractivity contribution in [3.05, 3.63) is 35.2 Å². The molecule has 2 rings (SSSR count). The highest BCUT2D eigenvalue weighted by atomic mass is 16.5. The van der Waals surface area contributed by atoms with E-state index in [2.05, 4.69) is 9.91 Å². The highest BCUT2D eigenvalue weighted by Gasteiger charge is 2.53. The minimum Gasteiger partial charge on any atom is -0.474 e. The lowest BCUT2D eigenvalue weighted by Crippen LogP contribution is -2.59. The van der Waals surface area contributed by atoms with Gasteiger partial charge in [-0.25, -0.2) is 0 Å². The first-order valence-electron chi connectivity index (χ1n) is 5.84. The summed E-state index contributed by atoms with van der Waals surface area (Å²) in [6.45, 7) is -0.113. The molecular formula is C13H9NO7. The molecule has 8 heteroatoms. The van der Waals surface area contributed by atoms with Crippen molar-refractivity contribution in [2.75, 3.05) is 0 Å². The Morgan fingerprint density at radius 1 is 0.952 bits per heavy atom. The molecule has 1 fully saturated rings. The van der Waals surface area contributed by atoms with Gasteiger partial charge in [0.25, 0.3) is 6.47 Å². The maximum absolute atomic E-state index is 12.0. The van der Waals surface area contributed by atoms with Crippen LogP contribution in [0.3, 0.4) is 0 Å². The fourth-order valence-electron chi connectivity index (χ4n) is 1.89. The van der Waals surface area contributed by atoms with Crippen LogP contribution in [0.15, 0.2) is 35.5 Å². The maximum Gasteiger partial charge on any atom is 0.294 e. The number of nitroso groups, excluding NO2 is 1. The summed E-state index contributed by atoms with van der Waals surface area (Å²) in [7, 11) is 0. The van der Waals surface area contributed by atoms with Crippen LogP contribution in [0.4, 0.5) is 0 Å². The molecule has 3 atom stereocenters. The number of carbonyl (C=O) groups is 4. The third kappa shape index (κ3) is 2.69. The molecule has 3 unspecified atom stereocenters. The van der Waals surface area contributed by atoms with Gasteiger partial charge < -0.3 is 9.47 Å². The fraction of sp³-hybridized carbons (Fsp3) is 0.231. The van der Waals surface area contributed by atoms with Crippen LogP contribution in [-0.4, -0.2) is 42.1 Å². The van der Waals surface area contributed by atoms with E-state index in [4.69, 9.17) is 4.74 Å². The van der Waals surface area contributed by atoms with Gasteiger partial charge in [0, 0.05) is 0 Å². The number of nitrogens with zero attached hydrogens (tertiary/aromatic N) is 1. The number of Topliss-reactive ketones (excluding diaryl/α,β-unsaturated/α-hetero) is 3. The first-order chi connectivity index (χ1) is 10.1. The largest absolute Gasteiger partial charge is 0.474 e. The Morgan fingerprint density at radius 3 is 2.14 bits per heavy atom. The molecule has 0 saturated heterocycles. The number of para-hydroxylation sites is 1. The van der Waals surface area contributed by atoms with E-state index < -0.39 is 35.6 Å². The Balaban J connectivity index is 2.31. The third-order valence-electron chi connectivity index (χ3n) is 2.87. The Kier molecular flexibility index (Phi) is 4.17. The summed E-state index contributed by atoms with van der Waals surface area (Å²) in [5.41, 5.74) is 0. The summed E-state index contributed by atoms with van der Waals surface area (Å²) in [6.07, 6.45) is -3.59. The lowest BCUT2D eigenvalue weighted by atomic mass is 9.87. The molecule has 0 bridgehead atoms. The van der Waals surface area contributed by atoms with Crippen LogP contribution in [0.25, 0.3) is 0 Å². The second-order valence-corrected chi connectivity index (χ2v) is 4.14. The summed E-state index contributed by atoms with van der Waals surface area (Å²) in [6, 6.07) is 5.93. The van der Waals surface area contributed by atoms with Crippen LogP contribution in [0.2, 0.25) is 0 Å². The molecule has 1 aliphatic carbocycles. The molecule has 0 radical (unpaired) electrons. The number of rotatable bonds is 5. The zero-order chi connectivity index (χ0) is 15.4. The van der Waals surface area contributed by atoms with Gasteiger partial charge >= 0.3 is 0 Å². The van der Waals surface area contributed by atoms with Crippen molar-refractivity contribution >= 4 is 23.8 Å². The van der Waals surface area contributed by atoms with Gasteiger partial charge in [-0.2, -0.15) is 0 Å². The van der Waals surface area contributed by atoms with E-state index in [-0.39, 0.29) is 12.2 Å². The number of carbonyl (C=O) groups excluding carboxylic acids is 4. The van der Waals surface area contributed by atoms with Crippen molar-refractivity contribution in [2.24, 2.45) is 5.18 Å². The number of ether oxygens (including phenoxy) is 2. The van der Waals surface area contributed by atoms with Gasteiger partial charge in [0.05, 0.1) is 0 Å². The van der Waals surface area contributed by atoms with Gasteiger partial charge in [-0.1, -0.05) is 23.4 Å². The van der Waals surface area contributed by atoms with Gasteiger partial charge in [-0.3, -0.25) is 19.2 Å². The molecule has 0 heterocycles. The van der Waals surface area contributed by atoms with Crippen LogP contribution in [0, 0.1) is 4.91 Å². The van der Waals surface area contributed by atoms with Gasteiger partial charge in [-0.15, -0.1) is 4.91 Å². The van der Waals surface area contributed by atoms with Crippen LogP contribution in [0.5, 0.6) is 5.75 Å². The second-order valence-electron chi connectivity index (χ2n) is 4.14. The molecule has 1 aromatic rings. The molecule has 0 amide bonds. The van der Waals surface area contributed by atoms with Crippen molar-refractivity contribution in [2.45, 2.75) is 18.2 Å². The molecule has 1 aliphatic rings. The molecule has 0 spiro atoms. The molecule has 108 valence electrons. The summed E-state index contributed by atoms with van der Waals surface area (Å²) in [5.74, 6) is -3.09. The van der Waals surface area contributed by atoms with Crippen molar-refractivity contribution in [1.82, 2.24) is 0 Å². The molecule has 8 nitrogen and oxygen atoms in total. The molecular weight excluding hydrogens is 282 g/mol. The van der Waals surface area contributed by atoms with E-state index >= 15 is 0 Å². The van der Waals surface area contributed by atoms with E-state index in [1.54, 1.807) is 18.2 Å². The maximum atomic E-state index is 12.0. The zero-order valence-electron chi connectivity index (χ0n) is 10.5. The summed E-state index contributed by atoms with van der Waals surface area (Å²) < 4.78 is 9.54. The molecule has 1 saturated carbocycles. The number of hydrogen-bond acceptors (Lipinski definition) is 8. The summed E-state index contributed by atoms with van der Waals surface area (Å²) in [4.78, 5) is 56.6. The molecule has 0 N–H and O–H groups in total. The Hall–Kier alpha value is -2.90. The first-order valence-corrected chi connectivity index (χ1v) is 5.84. The van der Waals surface area contributed by atoms with Gasteiger partial charge in [-0.05, 0) is 12.1 Å². The number of ketones is 3. The predicted molar refractivity (Wildman–Crippen MR) is 66.4 cm³/mol. The Labute approximate surface area is 118 Å². The highest BCUT2D eigenvalue weighted by molar-refractivity contribution is 6.30. The van der Waals surface area contributed by atoms with Gasteiger partial charge in [0.2, 0.25) is 35.6 Å². The standard InChI is InChI=1S/C13H9NO7/c15-6-20-12-9(16)8(14-19)10(17)13(11(12)18)21-7-4-2-1-3-5-7/h1-6,8,12-13H. The van der Waals surface area contributed by atoms with Crippen LogP contribution < -0.4 is 4.74 Å². The molecule has 0 aliphatic heterocycles. The van der Waals surface area contributed by atoms with Crippen LogP contribution >= 0.6 is 0 Å². The smallest absolute Gasteiger partial charge is 0.294 e. The normalized spacial score (nSPS) is 25.3. The molecule has 1 aromatic carbocycles. The average Bonchev–Trinajstić information content (AvgIpc) is 2.50. The Bertz CT molecular complexity index is 598. The second kappa shape index (κ2) is 6.04. The average molecular weight is 291 g/mol. The minimum atomic E-state index is -1.93. The highest BCUT2D eigenvalue weighted by Crippen LogP contribution is 2.20. The quantitative estimate of drug-likeness (QED) is 0.420. The van der Waals surface area contributed by atoms with Crippen molar-refractivity contribution in [1.29, 1.82) is 0 Å². The van der Waals surface area contributed by atoms with E-state index in [0.29, 0.717) is 0 Å². The zero-order valence-corrected chi connectivity index (χ0v) is 10.5. The van der Waals surface area contributed by atoms with Crippen molar-refractivity contribution in [3.8, 4) is 5.75 Å². The van der Waals surface area contributed by atoms with E-state index in [1.807, 2.05) is 0 Å². The van der Waals surface area contributed by atoms with Gasteiger partial charge in [0.15, 0.2) is 0 Å². The summed E-state index contributed by atoms with van der Waals surface area (Å²) in [5, 5.41) is 2.39. The van der Waals surface area contributed by atoms with Crippen molar-refractivity contribution < 1.29 is 28.7 Å². The van der Waals surface area contributed by atoms with Crippen LogP contribution in [-0.2, 0) is 23.9 Å². The minimum absolute atomic E-state index is 0.113. The van der Waals surface area contributed by atoms with E-state index in [0.717, 1.165) is 0 Å².